The van der Waals surface area contributed by atoms with E-state index in [1.54, 1.807) is 4.90 Å². The van der Waals surface area contributed by atoms with Crippen LogP contribution in [0.2, 0.25) is 0 Å². The van der Waals surface area contributed by atoms with Gasteiger partial charge in [-0.05, 0) is 55.9 Å². The van der Waals surface area contributed by atoms with Crippen LogP contribution in [0.3, 0.4) is 0 Å². The lowest BCUT2D eigenvalue weighted by Crippen LogP contribution is -2.50. The SMILES string of the molecule is CCCc1ccc(C2CN(C(=O)OC(C)(C)C)C2)cc1.CCCc1ccc(C2CNC2)cc1. The van der Waals surface area contributed by atoms with E-state index >= 15 is 0 Å². The first kappa shape index (κ1) is 25.3. The highest BCUT2D eigenvalue weighted by molar-refractivity contribution is 5.69. The predicted octanol–water partition coefficient (Wildman–Crippen LogP) is 6.30. The number of nitrogens with one attached hydrogen (secondary N) is 1. The molecule has 0 aromatic heterocycles. The van der Waals surface area contributed by atoms with Crippen molar-refractivity contribution in [3.63, 3.8) is 0 Å². The van der Waals surface area contributed by atoms with Crippen LogP contribution in [-0.2, 0) is 17.6 Å². The Labute approximate surface area is 200 Å². The summed E-state index contributed by atoms with van der Waals surface area (Å²) in [5.74, 6) is 1.23. The van der Waals surface area contributed by atoms with Gasteiger partial charge in [-0.2, -0.15) is 0 Å². The van der Waals surface area contributed by atoms with Gasteiger partial charge in [0.2, 0.25) is 0 Å². The molecule has 4 heteroatoms. The minimum Gasteiger partial charge on any atom is -0.444 e. The number of hydrogen-bond donors (Lipinski definition) is 1. The maximum absolute atomic E-state index is 11.9. The lowest BCUT2D eigenvalue weighted by Gasteiger charge is -2.40. The Bertz CT molecular complexity index is 858. The van der Waals surface area contributed by atoms with Crippen molar-refractivity contribution in [2.45, 2.75) is 77.7 Å². The zero-order chi connectivity index (χ0) is 23.8. The van der Waals surface area contributed by atoms with Crippen LogP contribution in [0, 0.1) is 0 Å². The molecule has 2 saturated heterocycles. The molecule has 0 radical (unpaired) electrons. The van der Waals surface area contributed by atoms with Gasteiger partial charge in [-0.25, -0.2) is 4.79 Å². The smallest absolute Gasteiger partial charge is 0.410 e. The van der Waals surface area contributed by atoms with Gasteiger partial charge in [0, 0.05) is 38.0 Å². The van der Waals surface area contributed by atoms with Crippen molar-refractivity contribution in [2.75, 3.05) is 26.2 Å². The third kappa shape index (κ3) is 7.60. The van der Waals surface area contributed by atoms with Crippen molar-refractivity contribution in [1.82, 2.24) is 10.2 Å². The highest BCUT2D eigenvalue weighted by Gasteiger charge is 2.34. The van der Waals surface area contributed by atoms with Crippen molar-refractivity contribution in [1.29, 1.82) is 0 Å². The summed E-state index contributed by atoms with van der Waals surface area (Å²) in [6.07, 6.45) is 4.56. The summed E-state index contributed by atoms with van der Waals surface area (Å²) in [5, 5.41) is 3.30. The van der Waals surface area contributed by atoms with Gasteiger partial charge in [0.15, 0.2) is 0 Å². The number of aryl methyl sites for hydroxylation is 2. The van der Waals surface area contributed by atoms with Gasteiger partial charge < -0.3 is 15.0 Å². The normalized spacial score (nSPS) is 16.3. The van der Waals surface area contributed by atoms with Crippen molar-refractivity contribution < 1.29 is 9.53 Å². The molecule has 180 valence electrons. The first-order valence-corrected chi connectivity index (χ1v) is 12.6. The molecule has 1 N–H and O–H groups in total. The van der Waals surface area contributed by atoms with E-state index in [0.717, 1.165) is 38.5 Å². The molecule has 1 amide bonds. The number of carbonyl (C=O) groups is 1. The molecule has 0 atom stereocenters. The maximum atomic E-state index is 11.9. The van der Waals surface area contributed by atoms with E-state index in [4.69, 9.17) is 4.74 Å². The third-order valence-corrected chi connectivity index (χ3v) is 6.29. The summed E-state index contributed by atoms with van der Waals surface area (Å²) < 4.78 is 5.36. The molecule has 0 unspecified atom stereocenters. The van der Waals surface area contributed by atoms with E-state index in [0.29, 0.717) is 5.92 Å². The van der Waals surface area contributed by atoms with E-state index in [-0.39, 0.29) is 6.09 Å². The van der Waals surface area contributed by atoms with Crippen molar-refractivity contribution >= 4 is 6.09 Å². The molecule has 0 aliphatic carbocycles. The van der Waals surface area contributed by atoms with E-state index in [2.05, 4.69) is 67.7 Å². The fourth-order valence-corrected chi connectivity index (χ4v) is 4.18. The van der Waals surface area contributed by atoms with Crippen LogP contribution in [0.15, 0.2) is 48.5 Å². The number of ether oxygens (including phenoxy) is 1. The summed E-state index contributed by atoms with van der Waals surface area (Å²) >= 11 is 0. The number of likely N-dealkylation sites (tertiary alicyclic amines) is 1. The van der Waals surface area contributed by atoms with Crippen molar-refractivity contribution in [2.24, 2.45) is 0 Å². The first-order chi connectivity index (χ1) is 15.8. The van der Waals surface area contributed by atoms with Crippen LogP contribution in [0.4, 0.5) is 4.79 Å². The van der Waals surface area contributed by atoms with Gasteiger partial charge in [-0.3, -0.25) is 0 Å². The molecule has 2 heterocycles. The molecule has 4 rings (SSSR count). The summed E-state index contributed by atoms with van der Waals surface area (Å²) in [6, 6.07) is 17.9. The number of amides is 1. The van der Waals surface area contributed by atoms with E-state index in [9.17, 15) is 4.79 Å². The lowest BCUT2D eigenvalue weighted by molar-refractivity contribution is 0.00819. The van der Waals surface area contributed by atoms with Crippen LogP contribution in [0.1, 0.15) is 81.5 Å². The van der Waals surface area contributed by atoms with Crippen LogP contribution < -0.4 is 5.32 Å². The van der Waals surface area contributed by atoms with Crippen molar-refractivity contribution in [3.05, 3.63) is 70.8 Å². The summed E-state index contributed by atoms with van der Waals surface area (Å²) in [5.41, 5.74) is 5.27. The fraction of sp³-hybridized carbons (Fsp3) is 0.552. The van der Waals surface area contributed by atoms with Gasteiger partial charge in [0.1, 0.15) is 5.60 Å². The standard InChI is InChI=1S/C17H25NO2.C12H17N/c1-5-6-13-7-9-14(10-8-13)15-11-18(12-15)16(19)20-17(2,3)4;1-2-3-10-4-6-11(7-5-10)12-8-13-9-12/h7-10,15H,5-6,11-12H2,1-4H3;4-7,12-13H,2-3,8-9H2,1H3. The van der Waals surface area contributed by atoms with E-state index < -0.39 is 5.60 Å². The van der Waals surface area contributed by atoms with Crippen molar-refractivity contribution in [3.8, 4) is 0 Å². The zero-order valence-electron chi connectivity index (χ0n) is 21.2. The van der Waals surface area contributed by atoms with E-state index in [1.807, 2.05) is 20.8 Å². The first-order valence-electron chi connectivity index (χ1n) is 12.6. The number of rotatable bonds is 6. The maximum Gasteiger partial charge on any atom is 0.410 e. The molecule has 2 aromatic rings. The number of nitrogens with zero attached hydrogens (tertiary/aromatic N) is 1. The van der Waals surface area contributed by atoms with Crippen LogP contribution in [0.25, 0.3) is 0 Å². The minimum atomic E-state index is -0.413. The summed E-state index contributed by atoms with van der Waals surface area (Å²) in [7, 11) is 0. The Kier molecular flexibility index (Phi) is 8.96. The molecule has 0 spiro atoms. The Balaban J connectivity index is 0.000000203. The second-order valence-electron chi connectivity index (χ2n) is 10.4. The molecule has 4 nitrogen and oxygen atoms in total. The molecular formula is C29H42N2O2. The molecular weight excluding hydrogens is 408 g/mol. The molecule has 2 aliphatic rings. The number of hydrogen-bond acceptors (Lipinski definition) is 3. The van der Waals surface area contributed by atoms with Gasteiger partial charge in [-0.1, -0.05) is 75.2 Å². The monoisotopic (exact) mass is 450 g/mol. The van der Waals surface area contributed by atoms with Gasteiger partial charge >= 0.3 is 6.09 Å². The third-order valence-electron chi connectivity index (χ3n) is 6.29. The topological polar surface area (TPSA) is 41.6 Å². The predicted molar refractivity (Wildman–Crippen MR) is 137 cm³/mol. The number of carbonyl (C=O) groups excluding carboxylic acids is 1. The second kappa shape index (κ2) is 11.7. The Morgan fingerprint density at radius 2 is 1.30 bits per heavy atom. The molecule has 33 heavy (non-hydrogen) atoms. The van der Waals surface area contributed by atoms with E-state index in [1.165, 1.54) is 41.5 Å². The zero-order valence-corrected chi connectivity index (χ0v) is 21.2. The molecule has 2 aromatic carbocycles. The highest BCUT2D eigenvalue weighted by Crippen LogP contribution is 2.28. The molecule has 2 aliphatic heterocycles. The van der Waals surface area contributed by atoms with Gasteiger partial charge in [0.05, 0.1) is 0 Å². The molecule has 0 saturated carbocycles. The molecule has 2 fully saturated rings. The Morgan fingerprint density at radius 3 is 1.67 bits per heavy atom. The lowest BCUT2D eigenvalue weighted by atomic mass is 9.91. The van der Waals surface area contributed by atoms with Gasteiger partial charge in [0.25, 0.3) is 0 Å². The van der Waals surface area contributed by atoms with Crippen LogP contribution >= 0.6 is 0 Å². The Morgan fingerprint density at radius 1 is 0.848 bits per heavy atom. The average molecular weight is 451 g/mol. The highest BCUT2D eigenvalue weighted by atomic mass is 16.6. The Hall–Kier alpha value is -2.33. The minimum absolute atomic E-state index is 0.198. The van der Waals surface area contributed by atoms with Gasteiger partial charge in [-0.15, -0.1) is 0 Å². The molecule has 0 bridgehead atoms. The largest absolute Gasteiger partial charge is 0.444 e. The van der Waals surface area contributed by atoms with Crippen LogP contribution in [0.5, 0.6) is 0 Å². The summed E-state index contributed by atoms with van der Waals surface area (Å²) in [6.45, 7) is 14.0. The average Bonchev–Trinajstić information content (AvgIpc) is 2.68. The number of benzene rings is 2. The summed E-state index contributed by atoms with van der Waals surface area (Å²) in [4.78, 5) is 13.6. The van der Waals surface area contributed by atoms with Crippen LogP contribution in [-0.4, -0.2) is 42.8 Å². The second-order valence-corrected chi connectivity index (χ2v) is 10.4. The quantitative estimate of drug-likeness (QED) is 0.561. The fourth-order valence-electron chi connectivity index (χ4n) is 4.18.